The van der Waals surface area contributed by atoms with E-state index in [1.165, 1.54) is 6.33 Å². The number of hydrogen-bond donors (Lipinski definition) is 1. The third-order valence-corrected chi connectivity index (χ3v) is 6.34. The smallest absolute Gasteiger partial charge is 0.162 e. The number of nitrogen functional groups attached to an aromatic ring is 1. The lowest BCUT2D eigenvalue weighted by atomic mass is 10.2. The zero-order valence-corrected chi connectivity index (χ0v) is 17.1. The van der Waals surface area contributed by atoms with Crippen molar-refractivity contribution < 1.29 is 4.74 Å². The summed E-state index contributed by atoms with van der Waals surface area (Å²) in [5, 5.41) is 0.731. The molecule has 0 saturated heterocycles. The summed E-state index contributed by atoms with van der Waals surface area (Å²) in [6.07, 6.45) is 4.85. The van der Waals surface area contributed by atoms with Crippen LogP contribution >= 0.6 is 15.9 Å². The Bertz CT molecular complexity index is 878. The Morgan fingerprint density at radius 1 is 1.16 bits per heavy atom. The number of anilines is 1. The van der Waals surface area contributed by atoms with E-state index in [0.29, 0.717) is 24.0 Å². The number of aromatic nitrogens is 5. The summed E-state index contributed by atoms with van der Waals surface area (Å²) < 4.78 is 8.62. The van der Waals surface area contributed by atoms with E-state index in [-0.39, 0.29) is 0 Å². The third-order valence-electron chi connectivity index (χ3n) is 3.81. The molecule has 0 fully saturated rings. The van der Waals surface area contributed by atoms with Crippen LogP contribution in [0.3, 0.4) is 0 Å². The van der Waals surface area contributed by atoms with E-state index in [2.05, 4.69) is 55.5 Å². The highest BCUT2D eigenvalue weighted by Gasteiger charge is 2.22. The standard InChI is InChI=1S/C16H21BrN6OSi/c1-25(2,3)8-7-24-10-23-13(17)11(15-19-5-4-6-20-15)12-14(18)21-9-22-16(12)23/h4-6,9H,7-8,10H2,1-3H3,(H2,18,21,22). The van der Waals surface area contributed by atoms with Crippen LogP contribution in [-0.4, -0.2) is 39.2 Å². The number of fused-ring (bicyclic) bond motifs is 1. The Balaban J connectivity index is 1.99. The molecule has 2 N–H and O–H groups in total. The molecule has 3 rings (SSSR count). The van der Waals surface area contributed by atoms with Crippen LogP contribution in [0.1, 0.15) is 0 Å². The van der Waals surface area contributed by atoms with Gasteiger partial charge in [-0.15, -0.1) is 0 Å². The molecule has 0 atom stereocenters. The van der Waals surface area contributed by atoms with Gasteiger partial charge in [0.1, 0.15) is 29.1 Å². The lowest BCUT2D eigenvalue weighted by molar-refractivity contribution is 0.0886. The number of hydrogen-bond acceptors (Lipinski definition) is 6. The molecule has 0 aliphatic heterocycles. The first-order valence-electron chi connectivity index (χ1n) is 8.02. The zero-order chi connectivity index (χ0) is 18.0. The van der Waals surface area contributed by atoms with E-state index in [1.807, 2.05) is 4.57 Å². The highest BCUT2D eigenvalue weighted by atomic mass is 79.9. The molecule has 3 aromatic rings. The summed E-state index contributed by atoms with van der Waals surface area (Å²) in [6.45, 7) is 8.09. The number of nitrogens with two attached hydrogens (primary N) is 1. The second-order valence-corrected chi connectivity index (χ2v) is 13.3. The van der Waals surface area contributed by atoms with E-state index >= 15 is 0 Å². The molecule has 0 unspecified atom stereocenters. The van der Waals surface area contributed by atoms with Crippen molar-refractivity contribution in [3.05, 3.63) is 29.4 Å². The predicted molar refractivity (Wildman–Crippen MR) is 105 cm³/mol. The van der Waals surface area contributed by atoms with Gasteiger partial charge in [0, 0.05) is 27.1 Å². The van der Waals surface area contributed by atoms with Crippen LogP contribution in [0.25, 0.3) is 22.4 Å². The fourth-order valence-electron chi connectivity index (χ4n) is 2.45. The Morgan fingerprint density at radius 2 is 1.88 bits per heavy atom. The van der Waals surface area contributed by atoms with Crippen molar-refractivity contribution in [2.45, 2.75) is 32.4 Å². The maximum Gasteiger partial charge on any atom is 0.162 e. The van der Waals surface area contributed by atoms with E-state index in [4.69, 9.17) is 10.5 Å². The molecule has 3 heterocycles. The first-order chi connectivity index (χ1) is 11.9. The Kier molecular flexibility index (Phi) is 5.16. The second-order valence-electron chi connectivity index (χ2n) is 6.97. The van der Waals surface area contributed by atoms with Crippen molar-refractivity contribution in [2.75, 3.05) is 12.3 Å². The quantitative estimate of drug-likeness (QED) is 0.484. The Hall–Kier alpha value is -1.84. The van der Waals surface area contributed by atoms with Gasteiger partial charge in [0.2, 0.25) is 0 Å². The molecule has 0 spiro atoms. The molecule has 3 aromatic heterocycles. The monoisotopic (exact) mass is 420 g/mol. The van der Waals surface area contributed by atoms with Crippen LogP contribution in [0.4, 0.5) is 5.82 Å². The molecule has 0 aromatic carbocycles. The van der Waals surface area contributed by atoms with Gasteiger partial charge in [0.05, 0.1) is 10.9 Å². The summed E-state index contributed by atoms with van der Waals surface area (Å²) in [7, 11) is -1.13. The second kappa shape index (κ2) is 7.18. The van der Waals surface area contributed by atoms with Gasteiger partial charge in [-0.3, -0.25) is 4.57 Å². The minimum atomic E-state index is -1.13. The van der Waals surface area contributed by atoms with Gasteiger partial charge in [0.25, 0.3) is 0 Å². The minimum absolute atomic E-state index is 0.380. The fourth-order valence-corrected chi connectivity index (χ4v) is 3.85. The first-order valence-corrected chi connectivity index (χ1v) is 12.5. The third kappa shape index (κ3) is 3.88. The van der Waals surface area contributed by atoms with Gasteiger partial charge in [-0.1, -0.05) is 19.6 Å². The van der Waals surface area contributed by atoms with E-state index in [9.17, 15) is 0 Å². The maximum atomic E-state index is 6.11. The minimum Gasteiger partial charge on any atom is -0.383 e. The van der Waals surface area contributed by atoms with Crippen molar-refractivity contribution in [3.8, 4) is 11.4 Å². The predicted octanol–water partition coefficient (Wildman–Crippen LogP) is 3.55. The SMILES string of the molecule is C[Si](C)(C)CCOCn1c(Br)c(-c2ncccn2)c2c(N)ncnc21. The lowest BCUT2D eigenvalue weighted by Gasteiger charge is -2.16. The van der Waals surface area contributed by atoms with Gasteiger partial charge >= 0.3 is 0 Å². The van der Waals surface area contributed by atoms with Crippen LogP contribution in [0.2, 0.25) is 25.7 Å². The van der Waals surface area contributed by atoms with Crippen molar-refractivity contribution in [3.63, 3.8) is 0 Å². The summed E-state index contributed by atoms with van der Waals surface area (Å²) in [4.78, 5) is 17.2. The lowest BCUT2D eigenvalue weighted by Crippen LogP contribution is -2.22. The molecular formula is C16H21BrN6OSi. The summed E-state index contributed by atoms with van der Waals surface area (Å²) in [6, 6.07) is 2.88. The van der Waals surface area contributed by atoms with Gasteiger partial charge in [-0.25, -0.2) is 19.9 Å². The van der Waals surface area contributed by atoms with Gasteiger partial charge in [-0.2, -0.15) is 0 Å². The van der Waals surface area contributed by atoms with Crippen LogP contribution in [0.15, 0.2) is 29.4 Å². The number of ether oxygens (including phenoxy) is 1. The first kappa shape index (κ1) is 18.0. The number of halogens is 1. The van der Waals surface area contributed by atoms with Crippen LogP contribution in [-0.2, 0) is 11.5 Å². The number of rotatable bonds is 6. The van der Waals surface area contributed by atoms with Crippen molar-refractivity contribution >= 4 is 40.9 Å². The van der Waals surface area contributed by atoms with Crippen molar-refractivity contribution in [1.29, 1.82) is 0 Å². The molecule has 0 saturated carbocycles. The Labute approximate surface area is 155 Å². The zero-order valence-electron chi connectivity index (χ0n) is 14.5. The van der Waals surface area contributed by atoms with Crippen LogP contribution in [0, 0.1) is 0 Å². The average molecular weight is 421 g/mol. The van der Waals surface area contributed by atoms with E-state index in [1.54, 1.807) is 18.5 Å². The summed E-state index contributed by atoms with van der Waals surface area (Å²) in [5.74, 6) is 0.968. The molecule has 0 bridgehead atoms. The fraction of sp³-hybridized carbons (Fsp3) is 0.375. The highest BCUT2D eigenvalue weighted by Crippen LogP contribution is 2.37. The van der Waals surface area contributed by atoms with E-state index < -0.39 is 8.07 Å². The topological polar surface area (TPSA) is 91.7 Å². The van der Waals surface area contributed by atoms with Gasteiger partial charge < -0.3 is 10.5 Å². The summed E-state index contributed by atoms with van der Waals surface area (Å²) in [5.41, 5.74) is 7.60. The molecule has 9 heteroatoms. The molecular weight excluding hydrogens is 400 g/mol. The molecule has 7 nitrogen and oxygen atoms in total. The highest BCUT2D eigenvalue weighted by molar-refractivity contribution is 9.10. The van der Waals surface area contributed by atoms with Crippen molar-refractivity contribution in [1.82, 2.24) is 24.5 Å². The molecule has 132 valence electrons. The van der Waals surface area contributed by atoms with Crippen LogP contribution in [0.5, 0.6) is 0 Å². The largest absolute Gasteiger partial charge is 0.383 e. The van der Waals surface area contributed by atoms with Crippen molar-refractivity contribution in [2.24, 2.45) is 0 Å². The number of nitrogens with zero attached hydrogens (tertiary/aromatic N) is 5. The normalized spacial score (nSPS) is 12.0. The Morgan fingerprint density at radius 3 is 2.56 bits per heavy atom. The molecule has 25 heavy (non-hydrogen) atoms. The van der Waals surface area contributed by atoms with Gasteiger partial charge in [-0.05, 0) is 28.0 Å². The molecule has 0 aliphatic rings. The maximum absolute atomic E-state index is 6.11. The van der Waals surface area contributed by atoms with Gasteiger partial charge in [0.15, 0.2) is 5.82 Å². The van der Waals surface area contributed by atoms with E-state index in [0.717, 1.165) is 28.2 Å². The molecule has 0 aliphatic carbocycles. The molecule has 0 amide bonds. The summed E-state index contributed by atoms with van der Waals surface area (Å²) >= 11 is 3.65. The average Bonchev–Trinajstić information content (AvgIpc) is 2.85. The van der Waals surface area contributed by atoms with Crippen LogP contribution < -0.4 is 5.73 Å². The molecule has 0 radical (unpaired) electrons.